The largest absolute Gasteiger partial charge is 0.393 e. The Morgan fingerprint density at radius 1 is 1.40 bits per heavy atom. The molecule has 1 atom stereocenters. The van der Waals surface area contributed by atoms with E-state index in [0.29, 0.717) is 13.0 Å². The van der Waals surface area contributed by atoms with E-state index in [0.717, 1.165) is 19.3 Å². The topological polar surface area (TPSA) is 71.2 Å². The Morgan fingerprint density at radius 2 is 2.20 bits per heavy atom. The summed E-state index contributed by atoms with van der Waals surface area (Å²) in [5.41, 5.74) is -1.07. The normalized spacial score (nSPS) is 15.1. The third-order valence-corrected chi connectivity index (χ3v) is 2.46. The van der Waals surface area contributed by atoms with Gasteiger partial charge in [-0.2, -0.15) is 5.10 Å². The zero-order chi connectivity index (χ0) is 11.1. The molecule has 0 radical (unpaired) electrons. The minimum atomic E-state index is -1.07. The van der Waals surface area contributed by atoms with Crippen LogP contribution in [-0.4, -0.2) is 37.2 Å². The molecule has 0 spiro atoms. The van der Waals surface area contributed by atoms with Crippen LogP contribution in [0.15, 0.2) is 12.7 Å². The number of aromatic nitrogens is 3. The number of aliphatic hydroxyl groups is 2. The molecule has 0 fully saturated rings. The summed E-state index contributed by atoms with van der Waals surface area (Å²) < 4.78 is 1.54. The molecule has 1 unspecified atom stereocenters. The van der Waals surface area contributed by atoms with Gasteiger partial charge in [-0.15, -0.1) is 0 Å². The van der Waals surface area contributed by atoms with Gasteiger partial charge in [0.1, 0.15) is 18.3 Å². The van der Waals surface area contributed by atoms with Crippen molar-refractivity contribution >= 4 is 0 Å². The van der Waals surface area contributed by atoms with Crippen LogP contribution in [0.4, 0.5) is 0 Å². The molecular weight excluding hydrogens is 194 g/mol. The Kier molecular flexibility index (Phi) is 4.71. The van der Waals surface area contributed by atoms with Gasteiger partial charge in [0.05, 0.1) is 13.2 Å². The Morgan fingerprint density at radius 3 is 2.73 bits per heavy atom. The van der Waals surface area contributed by atoms with Crippen molar-refractivity contribution in [2.24, 2.45) is 0 Å². The Hall–Kier alpha value is -0.940. The van der Waals surface area contributed by atoms with Gasteiger partial charge in [0.2, 0.25) is 0 Å². The Balaban J connectivity index is 2.44. The van der Waals surface area contributed by atoms with Gasteiger partial charge in [0.15, 0.2) is 0 Å². The second-order valence-electron chi connectivity index (χ2n) is 3.93. The zero-order valence-electron chi connectivity index (χ0n) is 9.13. The van der Waals surface area contributed by atoms with Crippen molar-refractivity contribution in [3.8, 4) is 0 Å². The average molecular weight is 213 g/mol. The Bertz CT molecular complexity index is 264. The van der Waals surface area contributed by atoms with Crippen LogP contribution >= 0.6 is 0 Å². The van der Waals surface area contributed by atoms with Gasteiger partial charge in [-0.25, -0.2) is 9.67 Å². The summed E-state index contributed by atoms with van der Waals surface area (Å²) in [6, 6.07) is 0. The van der Waals surface area contributed by atoms with Gasteiger partial charge in [0, 0.05) is 0 Å². The van der Waals surface area contributed by atoms with E-state index < -0.39 is 5.60 Å². The van der Waals surface area contributed by atoms with E-state index in [4.69, 9.17) is 0 Å². The molecule has 2 N–H and O–H groups in total. The average Bonchev–Trinajstić information content (AvgIpc) is 2.71. The summed E-state index contributed by atoms with van der Waals surface area (Å²) in [5.74, 6) is 0. The summed E-state index contributed by atoms with van der Waals surface area (Å²) >= 11 is 0. The Labute approximate surface area is 89.8 Å². The molecular formula is C10H19N3O2. The van der Waals surface area contributed by atoms with Crippen molar-refractivity contribution in [3.05, 3.63) is 12.7 Å². The molecule has 86 valence electrons. The number of nitrogens with zero attached hydrogens (tertiary/aromatic N) is 3. The maximum atomic E-state index is 10.1. The fraction of sp³-hybridized carbons (Fsp3) is 0.800. The summed E-state index contributed by atoms with van der Waals surface area (Å²) in [5, 5.41) is 23.2. The molecule has 0 aliphatic heterocycles. The highest BCUT2D eigenvalue weighted by atomic mass is 16.3. The molecule has 1 heterocycles. The molecule has 1 rings (SSSR count). The minimum Gasteiger partial charge on any atom is -0.393 e. The molecule has 0 aromatic carbocycles. The summed E-state index contributed by atoms with van der Waals surface area (Å²) in [4.78, 5) is 3.80. The molecule has 0 bridgehead atoms. The minimum absolute atomic E-state index is 0.240. The number of hydrogen-bond donors (Lipinski definition) is 2. The van der Waals surface area contributed by atoms with Crippen LogP contribution in [0.25, 0.3) is 0 Å². The van der Waals surface area contributed by atoms with Gasteiger partial charge in [-0.1, -0.05) is 26.2 Å². The fourth-order valence-corrected chi connectivity index (χ4v) is 1.53. The van der Waals surface area contributed by atoms with Crippen molar-refractivity contribution in [1.29, 1.82) is 0 Å². The number of rotatable bonds is 7. The van der Waals surface area contributed by atoms with E-state index in [1.54, 1.807) is 11.0 Å². The lowest BCUT2D eigenvalue weighted by molar-refractivity contribution is -0.0387. The summed E-state index contributed by atoms with van der Waals surface area (Å²) in [6.45, 7) is 2.17. The number of unbranched alkanes of at least 4 members (excludes halogenated alkanes) is 2. The highest BCUT2D eigenvalue weighted by molar-refractivity contribution is 4.78. The van der Waals surface area contributed by atoms with Crippen LogP contribution in [0.5, 0.6) is 0 Å². The van der Waals surface area contributed by atoms with Crippen molar-refractivity contribution in [2.45, 2.75) is 44.8 Å². The van der Waals surface area contributed by atoms with Gasteiger partial charge < -0.3 is 10.2 Å². The van der Waals surface area contributed by atoms with Gasteiger partial charge in [-0.3, -0.25) is 0 Å². The third-order valence-electron chi connectivity index (χ3n) is 2.46. The van der Waals surface area contributed by atoms with Crippen molar-refractivity contribution in [2.75, 3.05) is 6.61 Å². The van der Waals surface area contributed by atoms with Gasteiger partial charge >= 0.3 is 0 Å². The fourth-order valence-electron chi connectivity index (χ4n) is 1.53. The van der Waals surface area contributed by atoms with Crippen LogP contribution in [-0.2, 0) is 6.54 Å². The second-order valence-corrected chi connectivity index (χ2v) is 3.93. The molecule has 0 saturated heterocycles. The van der Waals surface area contributed by atoms with Crippen molar-refractivity contribution in [3.63, 3.8) is 0 Å². The van der Waals surface area contributed by atoms with Gasteiger partial charge in [-0.05, 0) is 6.42 Å². The lowest BCUT2D eigenvalue weighted by atomic mass is 9.97. The second kappa shape index (κ2) is 5.82. The van der Waals surface area contributed by atoms with E-state index in [1.165, 1.54) is 6.33 Å². The lowest BCUT2D eigenvalue weighted by Crippen LogP contribution is -2.38. The lowest BCUT2D eigenvalue weighted by Gasteiger charge is -2.25. The monoisotopic (exact) mass is 213 g/mol. The molecule has 0 saturated carbocycles. The van der Waals surface area contributed by atoms with Crippen LogP contribution < -0.4 is 0 Å². The third kappa shape index (κ3) is 3.97. The maximum absolute atomic E-state index is 10.1. The first-order chi connectivity index (χ1) is 7.20. The quantitative estimate of drug-likeness (QED) is 0.650. The van der Waals surface area contributed by atoms with Crippen molar-refractivity contribution in [1.82, 2.24) is 14.8 Å². The molecule has 0 aliphatic carbocycles. The maximum Gasteiger partial charge on any atom is 0.137 e. The predicted molar refractivity (Wildman–Crippen MR) is 56.2 cm³/mol. The van der Waals surface area contributed by atoms with Crippen LogP contribution in [0.2, 0.25) is 0 Å². The predicted octanol–water partition coefficient (Wildman–Crippen LogP) is 0.582. The highest BCUT2D eigenvalue weighted by Crippen LogP contribution is 2.16. The van der Waals surface area contributed by atoms with Gasteiger partial charge in [0.25, 0.3) is 0 Å². The van der Waals surface area contributed by atoms with Crippen LogP contribution in [0.1, 0.15) is 32.6 Å². The van der Waals surface area contributed by atoms with Crippen LogP contribution in [0.3, 0.4) is 0 Å². The SMILES string of the molecule is CCCCCC(O)(CO)Cn1cncn1. The number of aliphatic hydroxyl groups excluding tert-OH is 1. The van der Waals surface area contributed by atoms with E-state index in [-0.39, 0.29) is 6.61 Å². The smallest absolute Gasteiger partial charge is 0.137 e. The molecule has 15 heavy (non-hydrogen) atoms. The molecule has 1 aromatic heterocycles. The standard InChI is InChI=1S/C10H19N3O2/c1-2-3-4-5-10(15,7-14)6-13-9-11-8-12-13/h8-9,14-15H,2-7H2,1H3. The summed E-state index contributed by atoms with van der Waals surface area (Å²) in [6.07, 6.45) is 6.65. The van der Waals surface area contributed by atoms with Crippen molar-refractivity contribution < 1.29 is 10.2 Å². The summed E-state index contributed by atoms with van der Waals surface area (Å²) in [7, 11) is 0. The van der Waals surface area contributed by atoms with Crippen LogP contribution in [0, 0.1) is 0 Å². The number of hydrogen-bond acceptors (Lipinski definition) is 4. The van der Waals surface area contributed by atoms with E-state index in [2.05, 4.69) is 17.0 Å². The molecule has 5 nitrogen and oxygen atoms in total. The molecule has 5 heteroatoms. The van der Waals surface area contributed by atoms with E-state index in [1.807, 2.05) is 0 Å². The molecule has 0 aliphatic rings. The van der Waals surface area contributed by atoms with E-state index >= 15 is 0 Å². The zero-order valence-corrected chi connectivity index (χ0v) is 9.13. The first kappa shape index (κ1) is 12.1. The first-order valence-electron chi connectivity index (χ1n) is 5.36. The highest BCUT2D eigenvalue weighted by Gasteiger charge is 2.26. The molecule has 1 aromatic rings. The first-order valence-corrected chi connectivity index (χ1v) is 5.36. The molecule has 0 amide bonds. The van der Waals surface area contributed by atoms with E-state index in [9.17, 15) is 10.2 Å².